The second kappa shape index (κ2) is 4.78. The predicted molar refractivity (Wildman–Crippen MR) is 60.2 cm³/mol. The van der Waals surface area contributed by atoms with Gasteiger partial charge in [-0.25, -0.2) is 0 Å². The Morgan fingerprint density at radius 1 is 1.56 bits per heavy atom. The molecule has 4 nitrogen and oxygen atoms in total. The van der Waals surface area contributed by atoms with Gasteiger partial charge in [0.05, 0.1) is 18.7 Å². The van der Waals surface area contributed by atoms with Crippen LogP contribution >= 0.6 is 0 Å². The van der Waals surface area contributed by atoms with Crippen LogP contribution in [0.15, 0.2) is 10.6 Å². The first-order chi connectivity index (χ1) is 7.36. The molecule has 0 fully saturated rings. The number of carbonyl (C=O) groups excluding carboxylic acids is 1. The van der Waals surface area contributed by atoms with E-state index in [4.69, 9.17) is 4.52 Å². The fourth-order valence-corrected chi connectivity index (χ4v) is 1.17. The van der Waals surface area contributed by atoms with Crippen molar-refractivity contribution in [2.45, 2.75) is 39.5 Å². The summed E-state index contributed by atoms with van der Waals surface area (Å²) in [4.78, 5) is 11.5. The number of aliphatic hydroxyl groups is 1. The molecule has 1 heterocycles. The Morgan fingerprint density at radius 2 is 2.19 bits per heavy atom. The quantitative estimate of drug-likeness (QED) is 0.828. The van der Waals surface area contributed by atoms with E-state index in [1.54, 1.807) is 6.07 Å². The van der Waals surface area contributed by atoms with Crippen LogP contribution in [0.5, 0.6) is 0 Å². The normalized spacial score (nSPS) is 12.1. The van der Waals surface area contributed by atoms with Crippen molar-refractivity contribution in [3.8, 4) is 0 Å². The van der Waals surface area contributed by atoms with Gasteiger partial charge in [0.1, 0.15) is 11.5 Å². The average molecular weight is 225 g/mol. The van der Waals surface area contributed by atoms with E-state index >= 15 is 0 Å². The molecule has 1 rings (SSSR count). The Kier molecular flexibility index (Phi) is 3.86. The first-order valence-electron chi connectivity index (χ1n) is 5.46. The Balaban J connectivity index is 2.76. The third-order valence-electron chi connectivity index (χ3n) is 2.62. The number of ketones is 1. The summed E-state index contributed by atoms with van der Waals surface area (Å²) in [5.74, 6) is 0.759. The molecule has 1 aromatic heterocycles. The minimum Gasteiger partial charge on any atom is -0.395 e. The van der Waals surface area contributed by atoms with Crippen LogP contribution in [0.1, 0.15) is 39.1 Å². The van der Waals surface area contributed by atoms with Crippen molar-refractivity contribution in [1.82, 2.24) is 5.16 Å². The summed E-state index contributed by atoms with van der Waals surface area (Å²) >= 11 is 0. The summed E-state index contributed by atoms with van der Waals surface area (Å²) in [5.41, 5.74) is 0.182. The molecular weight excluding hydrogens is 206 g/mol. The average Bonchev–Trinajstić information content (AvgIpc) is 2.66. The molecule has 0 aromatic carbocycles. The van der Waals surface area contributed by atoms with E-state index in [1.165, 1.54) is 0 Å². The molecule has 0 radical (unpaired) electrons. The lowest BCUT2D eigenvalue weighted by Gasteiger charge is -2.16. The fourth-order valence-electron chi connectivity index (χ4n) is 1.17. The zero-order chi connectivity index (χ0) is 12.3. The molecule has 0 aliphatic rings. The highest BCUT2D eigenvalue weighted by Crippen LogP contribution is 2.23. The largest absolute Gasteiger partial charge is 0.395 e. The van der Waals surface area contributed by atoms with Crippen molar-refractivity contribution in [2.75, 3.05) is 6.61 Å². The van der Waals surface area contributed by atoms with Gasteiger partial charge in [-0.05, 0) is 0 Å². The number of hydrogen-bond donors (Lipinski definition) is 1. The van der Waals surface area contributed by atoms with Crippen LogP contribution in [0, 0.1) is 5.92 Å². The van der Waals surface area contributed by atoms with Gasteiger partial charge in [0, 0.05) is 17.4 Å². The van der Waals surface area contributed by atoms with E-state index in [-0.39, 0.29) is 18.3 Å². The SMILES string of the molecule is CC(C)C(=O)Cc1cc(C(C)(C)CO)on1. The van der Waals surface area contributed by atoms with Crippen molar-refractivity contribution < 1.29 is 14.4 Å². The molecule has 1 N–H and O–H groups in total. The van der Waals surface area contributed by atoms with Crippen molar-refractivity contribution in [3.05, 3.63) is 17.5 Å². The third-order valence-corrected chi connectivity index (χ3v) is 2.62. The summed E-state index contributed by atoms with van der Waals surface area (Å²) in [6.45, 7) is 7.44. The number of rotatable bonds is 5. The maximum absolute atomic E-state index is 11.5. The standard InChI is InChI=1S/C12H19NO3/c1-8(2)10(15)5-9-6-11(16-13-9)12(3,4)7-14/h6,8,14H,5,7H2,1-4H3. The van der Waals surface area contributed by atoms with E-state index in [2.05, 4.69) is 5.16 Å². The summed E-state index contributed by atoms with van der Waals surface area (Å²) < 4.78 is 5.14. The van der Waals surface area contributed by atoms with Crippen LogP contribution in [0.4, 0.5) is 0 Å². The van der Waals surface area contributed by atoms with Crippen molar-refractivity contribution in [3.63, 3.8) is 0 Å². The maximum Gasteiger partial charge on any atom is 0.144 e. The molecule has 4 heteroatoms. The lowest BCUT2D eigenvalue weighted by molar-refractivity contribution is -0.121. The zero-order valence-corrected chi connectivity index (χ0v) is 10.3. The highest BCUT2D eigenvalue weighted by atomic mass is 16.5. The van der Waals surface area contributed by atoms with Crippen LogP contribution in [0.25, 0.3) is 0 Å². The number of aromatic nitrogens is 1. The molecule has 1 aromatic rings. The van der Waals surface area contributed by atoms with Crippen LogP contribution in [-0.4, -0.2) is 22.7 Å². The van der Waals surface area contributed by atoms with Gasteiger partial charge in [-0.3, -0.25) is 4.79 Å². The van der Waals surface area contributed by atoms with Gasteiger partial charge in [-0.15, -0.1) is 0 Å². The van der Waals surface area contributed by atoms with E-state index in [9.17, 15) is 9.90 Å². The Bertz CT molecular complexity index is 366. The van der Waals surface area contributed by atoms with E-state index in [0.29, 0.717) is 17.9 Å². The molecule has 0 saturated carbocycles. The van der Waals surface area contributed by atoms with Crippen molar-refractivity contribution in [2.24, 2.45) is 5.92 Å². The number of nitrogens with zero attached hydrogens (tertiary/aromatic N) is 1. The van der Waals surface area contributed by atoms with Gasteiger partial charge in [0.25, 0.3) is 0 Å². The second-order valence-electron chi connectivity index (χ2n) is 5.02. The number of Topliss-reactive ketones (excluding diaryl/α,β-unsaturated/α-hetero) is 1. The topological polar surface area (TPSA) is 63.3 Å². The van der Waals surface area contributed by atoms with Crippen molar-refractivity contribution >= 4 is 5.78 Å². The van der Waals surface area contributed by atoms with E-state index in [1.807, 2.05) is 27.7 Å². The number of hydrogen-bond acceptors (Lipinski definition) is 4. The molecule has 0 bridgehead atoms. The Morgan fingerprint density at radius 3 is 2.69 bits per heavy atom. The first kappa shape index (κ1) is 12.9. The van der Waals surface area contributed by atoms with Gasteiger partial charge >= 0.3 is 0 Å². The highest BCUT2D eigenvalue weighted by molar-refractivity contribution is 5.82. The fraction of sp³-hybridized carbons (Fsp3) is 0.667. The first-order valence-corrected chi connectivity index (χ1v) is 5.46. The van der Waals surface area contributed by atoms with Gasteiger partial charge in [-0.2, -0.15) is 0 Å². The molecule has 0 unspecified atom stereocenters. The molecule has 0 amide bonds. The van der Waals surface area contributed by atoms with Crippen LogP contribution in [0.3, 0.4) is 0 Å². The predicted octanol–water partition coefficient (Wildman–Crippen LogP) is 1.71. The van der Waals surface area contributed by atoms with Crippen molar-refractivity contribution in [1.29, 1.82) is 0 Å². The number of carbonyl (C=O) groups is 1. The van der Waals surface area contributed by atoms with Gasteiger partial charge in [0.15, 0.2) is 0 Å². The number of aliphatic hydroxyl groups excluding tert-OH is 1. The Hall–Kier alpha value is -1.16. The van der Waals surface area contributed by atoms with Crippen LogP contribution in [-0.2, 0) is 16.6 Å². The molecule has 0 aliphatic heterocycles. The summed E-state index contributed by atoms with van der Waals surface area (Å²) in [7, 11) is 0. The van der Waals surface area contributed by atoms with Crippen LogP contribution in [0.2, 0.25) is 0 Å². The monoisotopic (exact) mass is 225 g/mol. The minimum absolute atomic E-state index is 0.00556. The van der Waals surface area contributed by atoms with E-state index < -0.39 is 5.41 Å². The lowest BCUT2D eigenvalue weighted by Crippen LogP contribution is -2.21. The lowest BCUT2D eigenvalue weighted by atomic mass is 9.91. The van der Waals surface area contributed by atoms with Gasteiger partial charge in [0.2, 0.25) is 0 Å². The molecule has 90 valence electrons. The molecule has 0 saturated heterocycles. The molecular formula is C12H19NO3. The molecule has 16 heavy (non-hydrogen) atoms. The molecule has 0 spiro atoms. The summed E-state index contributed by atoms with van der Waals surface area (Å²) in [6, 6.07) is 1.75. The molecule has 0 atom stereocenters. The summed E-state index contributed by atoms with van der Waals surface area (Å²) in [5, 5.41) is 13.0. The minimum atomic E-state index is -0.452. The summed E-state index contributed by atoms with van der Waals surface area (Å²) in [6.07, 6.45) is 0.294. The Labute approximate surface area is 95.6 Å². The maximum atomic E-state index is 11.5. The van der Waals surface area contributed by atoms with E-state index in [0.717, 1.165) is 0 Å². The third kappa shape index (κ3) is 2.92. The molecule has 0 aliphatic carbocycles. The second-order valence-corrected chi connectivity index (χ2v) is 5.02. The van der Waals surface area contributed by atoms with Gasteiger partial charge in [-0.1, -0.05) is 32.9 Å². The zero-order valence-electron chi connectivity index (χ0n) is 10.3. The van der Waals surface area contributed by atoms with Crippen LogP contribution < -0.4 is 0 Å². The highest BCUT2D eigenvalue weighted by Gasteiger charge is 2.25. The smallest absolute Gasteiger partial charge is 0.144 e. The van der Waals surface area contributed by atoms with Gasteiger partial charge < -0.3 is 9.63 Å².